The fourth-order valence-electron chi connectivity index (χ4n) is 6.04. The van der Waals surface area contributed by atoms with Crippen LogP contribution in [0.1, 0.15) is 5.56 Å². The van der Waals surface area contributed by atoms with E-state index in [0.717, 1.165) is 60.4 Å². The van der Waals surface area contributed by atoms with Crippen LogP contribution >= 0.6 is 11.6 Å². The summed E-state index contributed by atoms with van der Waals surface area (Å²) in [6.07, 6.45) is 4.12. The Labute approximate surface area is 250 Å². The average Bonchev–Trinajstić information content (AvgIpc) is 3.64. The lowest BCUT2D eigenvalue weighted by Gasteiger charge is -2.11. The molecule has 0 spiro atoms. The summed E-state index contributed by atoms with van der Waals surface area (Å²) in [5.41, 5.74) is 5.70. The van der Waals surface area contributed by atoms with Crippen LogP contribution in [0.5, 0.6) is 0 Å². The van der Waals surface area contributed by atoms with Crippen LogP contribution in [0.3, 0.4) is 0 Å². The third-order valence-electron chi connectivity index (χ3n) is 8.02. The van der Waals surface area contributed by atoms with E-state index in [2.05, 4.69) is 53.9 Å². The minimum atomic E-state index is 0.530. The Hall–Kier alpha value is -5.46. The van der Waals surface area contributed by atoms with Crippen molar-refractivity contribution < 1.29 is 8.83 Å². The van der Waals surface area contributed by atoms with Crippen LogP contribution in [0.25, 0.3) is 83.9 Å². The Morgan fingerprint density at radius 1 is 0.651 bits per heavy atom. The normalized spacial score (nSPS) is 12.8. The molecule has 5 aromatic carbocycles. The molecule has 1 aliphatic rings. The van der Waals surface area contributed by atoms with Gasteiger partial charge in [0.25, 0.3) is 0 Å². The highest BCUT2D eigenvalue weighted by atomic mass is 35.5. The van der Waals surface area contributed by atoms with Crippen LogP contribution < -0.4 is 5.32 Å². The SMILES string of the molecule is Clc1ccc(-c2nc(-c3ccc4ccccc4c3)nc(-c3cccc4oc5ccccc5c34)n2)c2c3c(oc12)NCC=C3. The van der Waals surface area contributed by atoms with Gasteiger partial charge >= 0.3 is 0 Å². The first-order valence-corrected chi connectivity index (χ1v) is 14.4. The maximum absolute atomic E-state index is 6.65. The Morgan fingerprint density at radius 3 is 2.33 bits per heavy atom. The van der Waals surface area contributed by atoms with Gasteiger partial charge in [-0.15, -0.1) is 0 Å². The second-order valence-corrected chi connectivity index (χ2v) is 11.0. The maximum Gasteiger partial charge on any atom is 0.201 e. The highest BCUT2D eigenvalue weighted by molar-refractivity contribution is 6.35. The first-order valence-electron chi connectivity index (χ1n) is 14.0. The molecule has 0 aliphatic carbocycles. The predicted molar refractivity (Wildman–Crippen MR) is 173 cm³/mol. The van der Waals surface area contributed by atoms with Crippen molar-refractivity contribution >= 4 is 67.2 Å². The topological polar surface area (TPSA) is 77.0 Å². The zero-order chi connectivity index (χ0) is 28.5. The molecule has 4 heterocycles. The summed E-state index contributed by atoms with van der Waals surface area (Å²) in [5.74, 6) is 2.34. The molecule has 43 heavy (non-hydrogen) atoms. The fourth-order valence-corrected chi connectivity index (χ4v) is 6.23. The molecule has 7 heteroatoms. The van der Waals surface area contributed by atoms with Crippen molar-refractivity contribution in [2.75, 3.05) is 11.9 Å². The van der Waals surface area contributed by atoms with E-state index in [4.69, 9.17) is 35.4 Å². The number of nitrogens with zero attached hydrogens (tertiary/aromatic N) is 3. The summed E-state index contributed by atoms with van der Waals surface area (Å²) in [6, 6.07) is 32.4. The lowest BCUT2D eigenvalue weighted by atomic mass is 10.0. The van der Waals surface area contributed by atoms with Gasteiger partial charge in [0.2, 0.25) is 5.88 Å². The number of halogens is 1. The van der Waals surface area contributed by atoms with Crippen molar-refractivity contribution in [3.05, 3.63) is 114 Å². The van der Waals surface area contributed by atoms with Crippen LogP contribution in [-0.2, 0) is 0 Å². The molecule has 0 amide bonds. The van der Waals surface area contributed by atoms with Gasteiger partial charge in [-0.3, -0.25) is 0 Å². The van der Waals surface area contributed by atoms with Crippen molar-refractivity contribution in [1.82, 2.24) is 15.0 Å². The molecule has 3 aromatic heterocycles. The molecule has 0 atom stereocenters. The van der Waals surface area contributed by atoms with E-state index in [1.54, 1.807) is 0 Å². The van der Waals surface area contributed by atoms with Gasteiger partial charge in [0.1, 0.15) is 11.2 Å². The number of para-hydroxylation sites is 1. The number of anilines is 1. The zero-order valence-electron chi connectivity index (χ0n) is 22.6. The number of furan rings is 2. The quantitative estimate of drug-likeness (QED) is 0.225. The van der Waals surface area contributed by atoms with Crippen molar-refractivity contribution in [1.29, 1.82) is 0 Å². The van der Waals surface area contributed by atoms with E-state index in [-0.39, 0.29) is 0 Å². The molecule has 9 rings (SSSR count). The van der Waals surface area contributed by atoms with E-state index in [0.29, 0.717) is 40.5 Å². The molecule has 0 saturated heterocycles. The summed E-state index contributed by atoms with van der Waals surface area (Å²) >= 11 is 6.65. The lowest BCUT2D eigenvalue weighted by Crippen LogP contribution is -2.02. The molecule has 0 saturated carbocycles. The van der Waals surface area contributed by atoms with Gasteiger partial charge in [-0.2, -0.15) is 0 Å². The first-order chi connectivity index (χ1) is 21.2. The minimum absolute atomic E-state index is 0.530. The Kier molecular flexibility index (Phi) is 5.21. The van der Waals surface area contributed by atoms with Gasteiger partial charge in [-0.25, -0.2) is 15.0 Å². The van der Waals surface area contributed by atoms with E-state index < -0.39 is 0 Å². The molecule has 8 aromatic rings. The van der Waals surface area contributed by atoms with Crippen LogP contribution in [0.2, 0.25) is 5.02 Å². The van der Waals surface area contributed by atoms with Gasteiger partial charge in [-0.05, 0) is 41.1 Å². The molecular weight excluding hydrogens is 556 g/mol. The minimum Gasteiger partial charge on any atom is -0.456 e. The highest BCUT2D eigenvalue weighted by Crippen LogP contribution is 2.43. The van der Waals surface area contributed by atoms with Crippen LogP contribution in [0.4, 0.5) is 5.88 Å². The number of hydrogen-bond donors (Lipinski definition) is 1. The molecule has 1 aliphatic heterocycles. The van der Waals surface area contributed by atoms with Gasteiger partial charge in [-0.1, -0.05) is 90.5 Å². The summed E-state index contributed by atoms with van der Waals surface area (Å²) in [7, 11) is 0. The number of rotatable bonds is 3. The first kappa shape index (κ1) is 24.2. The highest BCUT2D eigenvalue weighted by Gasteiger charge is 2.23. The number of fused-ring (bicyclic) bond motifs is 7. The van der Waals surface area contributed by atoms with Gasteiger partial charge in [0.05, 0.1) is 5.02 Å². The van der Waals surface area contributed by atoms with E-state index in [1.165, 1.54) is 0 Å². The number of hydrogen-bond acceptors (Lipinski definition) is 6. The third-order valence-corrected chi connectivity index (χ3v) is 8.32. The second kappa shape index (κ2) is 9.28. The van der Waals surface area contributed by atoms with E-state index in [9.17, 15) is 0 Å². The molecule has 1 N–H and O–H groups in total. The summed E-state index contributed by atoms with van der Waals surface area (Å²) in [4.78, 5) is 15.3. The predicted octanol–water partition coefficient (Wildman–Crippen LogP) is 9.76. The zero-order valence-corrected chi connectivity index (χ0v) is 23.4. The fraction of sp³-hybridized carbons (Fsp3) is 0.0278. The second-order valence-electron chi connectivity index (χ2n) is 10.6. The van der Waals surface area contributed by atoms with Crippen molar-refractivity contribution in [3.8, 4) is 34.2 Å². The molecule has 0 radical (unpaired) electrons. The van der Waals surface area contributed by atoms with Crippen molar-refractivity contribution in [2.45, 2.75) is 0 Å². The average molecular weight is 577 g/mol. The number of nitrogens with one attached hydrogen (secondary N) is 1. The summed E-state index contributed by atoms with van der Waals surface area (Å²) in [5, 5.41) is 8.94. The molecule has 0 fully saturated rings. The molecule has 0 unspecified atom stereocenters. The smallest absolute Gasteiger partial charge is 0.201 e. The maximum atomic E-state index is 6.65. The van der Waals surface area contributed by atoms with Gasteiger partial charge < -0.3 is 14.2 Å². The van der Waals surface area contributed by atoms with Gasteiger partial charge in [0, 0.05) is 45.0 Å². The number of benzene rings is 5. The molecular formula is C36H21ClN4O2. The molecule has 6 nitrogen and oxygen atoms in total. The van der Waals surface area contributed by atoms with Crippen molar-refractivity contribution in [2.24, 2.45) is 0 Å². The van der Waals surface area contributed by atoms with Crippen LogP contribution in [0, 0.1) is 0 Å². The van der Waals surface area contributed by atoms with Crippen molar-refractivity contribution in [3.63, 3.8) is 0 Å². The summed E-state index contributed by atoms with van der Waals surface area (Å²) in [6.45, 7) is 0.685. The molecule has 0 bridgehead atoms. The Balaban J connectivity index is 1.36. The van der Waals surface area contributed by atoms with Gasteiger partial charge in [0.15, 0.2) is 23.1 Å². The van der Waals surface area contributed by atoms with E-state index >= 15 is 0 Å². The summed E-state index contributed by atoms with van der Waals surface area (Å²) < 4.78 is 12.4. The largest absolute Gasteiger partial charge is 0.456 e. The lowest BCUT2D eigenvalue weighted by molar-refractivity contribution is 0.628. The Bertz CT molecular complexity index is 2440. The number of aromatic nitrogens is 3. The Morgan fingerprint density at radius 2 is 1.42 bits per heavy atom. The van der Waals surface area contributed by atoms with Crippen LogP contribution in [-0.4, -0.2) is 21.5 Å². The van der Waals surface area contributed by atoms with Crippen LogP contribution in [0.15, 0.2) is 112 Å². The monoisotopic (exact) mass is 576 g/mol. The standard InChI is InChI=1S/C36H21ClN4O2/c37-27-17-16-25(31-26-11-6-18-38-36(26)43-32(27)31)35-40-33(22-15-14-20-7-1-2-8-21(20)19-22)39-34(41-35)24-10-5-13-29-30(24)23-9-3-4-12-28(23)42-29/h1-17,19,38H,18H2. The third kappa shape index (κ3) is 3.77. The molecule has 204 valence electrons. The van der Waals surface area contributed by atoms with E-state index in [1.807, 2.05) is 60.7 Å².